The molecule has 1 unspecified atom stereocenters. The fourth-order valence-corrected chi connectivity index (χ4v) is 11.8. The number of hydrogen-bond acceptors (Lipinski definition) is 2. The van der Waals surface area contributed by atoms with Gasteiger partial charge in [-0.15, -0.1) is 0 Å². The SMILES string of the molecule is c1ccc(C2=[N+](c3ccc(-c4ccccc4)cc3)C(c3ccc(-c4ccc5c(c4)C4(c6ccccc6N(c6ccccc6)c6ccccc64)c4c-5c5ccccc5c5ccccc45)cc3)N2)cc1. The van der Waals surface area contributed by atoms with Crippen LogP contribution >= 0.6 is 0 Å². The molecule has 68 heavy (non-hydrogen) atoms. The van der Waals surface area contributed by atoms with Gasteiger partial charge in [0.15, 0.2) is 0 Å². The number of anilines is 3. The van der Waals surface area contributed by atoms with Crippen molar-refractivity contribution < 1.29 is 4.58 Å². The summed E-state index contributed by atoms with van der Waals surface area (Å²) < 4.78 is 2.43. The molecule has 0 saturated carbocycles. The van der Waals surface area contributed by atoms with Crippen molar-refractivity contribution in [2.24, 2.45) is 0 Å². The molecule has 3 aliphatic rings. The van der Waals surface area contributed by atoms with E-state index in [4.69, 9.17) is 0 Å². The molecule has 1 N–H and O–H groups in total. The van der Waals surface area contributed by atoms with Crippen LogP contribution in [0.5, 0.6) is 0 Å². The van der Waals surface area contributed by atoms with Gasteiger partial charge < -0.3 is 4.90 Å². The summed E-state index contributed by atoms with van der Waals surface area (Å²) in [5.74, 6) is 1.11. The van der Waals surface area contributed by atoms with Crippen molar-refractivity contribution >= 4 is 50.1 Å². The van der Waals surface area contributed by atoms with Gasteiger partial charge >= 0.3 is 0 Å². The number of amidine groups is 1. The molecule has 2 aliphatic heterocycles. The summed E-state index contributed by atoms with van der Waals surface area (Å²) >= 11 is 0. The second-order valence-electron chi connectivity index (χ2n) is 18.2. The highest BCUT2D eigenvalue weighted by Gasteiger charge is 2.53. The van der Waals surface area contributed by atoms with Crippen molar-refractivity contribution in [3.05, 3.63) is 288 Å². The number of fused-ring (bicyclic) bond motifs is 14. The third-order valence-corrected chi connectivity index (χ3v) is 14.7. The van der Waals surface area contributed by atoms with E-state index >= 15 is 0 Å². The van der Waals surface area contributed by atoms with Crippen LogP contribution in [-0.2, 0) is 5.41 Å². The van der Waals surface area contributed by atoms with Gasteiger partial charge in [0.25, 0.3) is 12.0 Å². The maximum absolute atomic E-state index is 3.85. The van der Waals surface area contributed by atoms with Gasteiger partial charge in [0.1, 0.15) is 5.69 Å². The van der Waals surface area contributed by atoms with E-state index in [1.807, 2.05) is 0 Å². The van der Waals surface area contributed by atoms with Crippen LogP contribution in [0.2, 0.25) is 0 Å². The van der Waals surface area contributed by atoms with Crippen LogP contribution in [0.15, 0.2) is 255 Å². The monoisotopic (exact) mass is 866 g/mol. The molecule has 2 heterocycles. The van der Waals surface area contributed by atoms with E-state index in [-0.39, 0.29) is 6.17 Å². The molecule has 11 aromatic rings. The standard InChI is InChI=1S/C65H43N3/c1-4-18-43(19-5-1)44-36-39-50(40-37-44)68-63(46-20-6-2-7-21-46)66-64(68)47-34-32-45(33-35-47)48-38-41-55-58(42-48)65(62-54-27-13-11-25-52(54)51-24-10-12-26-53(51)61(55)62)56-28-14-16-30-59(56)67(49-22-8-3-9-23-49)60-31-17-15-29-57(60)65/h1-42,64H/p+1. The number of para-hydroxylation sites is 3. The Morgan fingerprint density at radius 2 is 0.868 bits per heavy atom. The van der Waals surface area contributed by atoms with Crippen LogP contribution in [0.4, 0.5) is 22.7 Å². The third kappa shape index (κ3) is 5.57. The number of nitrogens with one attached hydrogen (secondary N) is 1. The molecule has 0 aromatic heterocycles. The van der Waals surface area contributed by atoms with Gasteiger partial charge in [0.2, 0.25) is 0 Å². The van der Waals surface area contributed by atoms with E-state index < -0.39 is 5.41 Å². The number of hydrogen-bond donors (Lipinski definition) is 1. The Hall–Kier alpha value is -8.79. The topological polar surface area (TPSA) is 18.3 Å². The Labute approximate surface area is 396 Å². The lowest BCUT2D eigenvalue weighted by Crippen LogP contribution is -2.51. The second-order valence-corrected chi connectivity index (χ2v) is 18.2. The average molecular weight is 867 g/mol. The molecule has 3 nitrogen and oxygen atoms in total. The Morgan fingerprint density at radius 1 is 0.382 bits per heavy atom. The summed E-state index contributed by atoms with van der Waals surface area (Å²) in [4.78, 5) is 2.47. The summed E-state index contributed by atoms with van der Waals surface area (Å²) in [5, 5.41) is 9.00. The number of benzene rings is 11. The van der Waals surface area contributed by atoms with Crippen LogP contribution in [0, 0.1) is 0 Å². The maximum atomic E-state index is 3.85. The fourth-order valence-electron chi connectivity index (χ4n) is 11.8. The smallest absolute Gasteiger partial charge is 0.289 e. The molecular weight excluding hydrogens is 823 g/mol. The molecule has 318 valence electrons. The Kier molecular flexibility index (Phi) is 8.56. The van der Waals surface area contributed by atoms with Crippen molar-refractivity contribution in [2.45, 2.75) is 11.6 Å². The lowest BCUT2D eigenvalue weighted by Gasteiger charge is -2.45. The molecule has 1 atom stereocenters. The summed E-state index contributed by atoms with van der Waals surface area (Å²) in [5.41, 5.74) is 19.1. The predicted molar refractivity (Wildman–Crippen MR) is 281 cm³/mol. The minimum absolute atomic E-state index is 0.0241. The molecule has 0 amide bonds. The van der Waals surface area contributed by atoms with Gasteiger partial charge in [-0.05, 0) is 144 Å². The quantitative estimate of drug-likeness (QED) is 0.133. The van der Waals surface area contributed by atoms with Crippen LogP contribution in [0.3, 0.4) is 0 Å². The van der Waals surface area contributed by atoms with Gasteiger partial charge in [0.05, 0.1) is 22.4 Å². The van der Waals surface area contributed by atoms with Crippen LogP contribution < -0.4 is 10.2 Å². The molecule has 0 radical (unpaired) electrons. The van der Waals surface area contributed by atoms with Crippen LogP contribution in [0.25, 0.3) is 54.9 Å². The second kappa shape index (κ2) is 15.1. The minimum atomic E-state index is -0.612. The van der Waals surface area contributed by atoms with Crippen molar-refractivity contribution in [1.82, 2.24) is 5.32 Å². The van der Waals surface area contributed by atoms with E-state index in [0.717, 1.165) is 17.2 Å². The first-order valence-electron chi connectivity index (χ1n) is 23.6. The van der Waals surface area contributed by atoms with Crippen LogP contribution in [0.1, 0.15) is 39.5 Å². The lowest BCUT2D eigenvalue weighted by atomic mass is 9.63. The predicted octanol–water partition coefficient (Wildman–Crippen LogP) is 15.9. The highest BCUT2D eigenvalue weighted by molar-refractivity contribution is 6.20. The molecule has 0 bridgehead atoms. The van der Waals surface area contributed by atoms with Gasteiger partial charge in [-0.2, -0.15) is 4.58 Å². The molecule has 14 rings (SSSR count). The minimum Gasteiger partial charge on any atom is -0.310 e. The molecule has 11 aromatic carbocycles. The fraction of sp³-hybridized carbons (Fsp3) is 0.0308. The van der Waals surface area contributed by atoms with Crippen molar-refractivity contribution in [2.75, 3.05) is 4.90 Å². The Balaban J connectivity index is 0.943. The zero-order valence-corrected chi connectivity index (χ0v) is 37.2. The lowest BCUT2D eigenvalue weighted by molar-refractivity contribution is -0.531. The van der Waals surface area contributed by atoms with E-state index in [2.05, 4.69) is 270 Å². The van der Waals surface area contributed by atoms with Gasteiger partial charge in [-0.25, -0.2) is 5.32 Å². The normalized spacial score (nSPS) is 15.1. The molecule has 1 spiro atoms. The zero-order chi connectivity index (χ0) is 44.8. The first-order chi connectivity index (χ1) is 33.8. The van der Waals surface area contributed by atoms with E-state index in [0.29, 0.717) is 0 Å². The third-order valence-electron chi connectivity index (χ3n) is 14.7. The van der Waals surface area contributed by atoms with Crippen molar-refractivity contribution in [3.8, 4) is 33.4 Å². The summed E-state index contributed by atoms with van der Waals surface area (Å²) in [6.07, 6.45) is -0.0241. The maximum Gasteiger partial charge on any atom is 0.289 e. The first-order valence-corrected chi connectivity index (χ1v) is 23.6. The van der Waals surface area contributed by atoms with E-state index in [9.17, 15) is 0 Å². The van der Waals surface area contributed by atoms with Gasteiger partial charge in [-0.3, -0.25) is 0 Å². The zero-order valence-electron chi connectivity index (χ0n) is 37.2. The van der Waals surface area contributed by atoms with Gasteiger partial charge in [0, 0.05) is 11.3 Å². The summed E-state index contributed by atoms with van der Waals surface area (Å²) in [7, 11) is 0. The molecule has 1 aliphatic carbocycles. The molecule has 0 fully saturated rings. The number of nitrogens with zero attached hydrogens (tertiary/aromatic N) is 2. The first kappa shape index (κ1) is 38.5. The Morgan fingerprint density at radius 3 is 1.53 bits per heavy atom. The summed E-state index contributed by atoms with van der Waals surface area (Å²) in [6.45, 7) is 0. The molecule has 3 heteroatoms. The Bertz CT molecular complexity index is 3750. The van der Waals surface area contributed by atoms with Crippen LogP contribution in [-0.4, -0.2) is 10.4 Å². The van der Waals surface area contributed by atoms with E-state index in [1.165, 1.54) is 99.7 Å². The van der Waals surface area contributed by atoms with E-state index in [1.54, 1.807) is 0 Å². The average Bonchev–Trinajstić information content (AvgIpc) is 3.71. The van der Waals surface area contributed by atoms with Crippen molar-refractivity contribution in [3.63, 3.8) is 0 Å². The largest absolute Gasteiger partial charge is 0.310 e. The van der Waals surface area contributed by atoms with Gasteiger partial charge in [-0.1, -0.05) is 188 Å². The molecular formula is C65H44N3+. The highest BCUT2D eigenvalue weighted by atomic mass is 15.3. The van der Waals surface area contributed by atoms with Crippen molar-refractivity contribution in [1.29, 1.82) is 0 Å². The summed E-state index contributed by atoms with van der Waals surface area (Å²) in [6, 6.07) is 94.0. The molecule has 0 saturated heterocycles. The number of rotatable bonds is 6. The highest BCUT2D eigenvalue weighted by Crippen LogP contribution is 2.66.